The van der Waals surface area contributed by atoms with Crippen molar-refractivity contribution in [2.24, 2.45) is 5.73 Å². The predicted molar refractivity (Wildman–Crippen MR) is 62.9 cm³/mol. The number of fused-ring (bicyclic) bond motifs is 1. The predicted octanol–water partition coefficient (Wildman–Crippen LogP) is 1.77. The molecule has 80 valence electrons. The van der Waals surface area contributed by atoms with E-state index in [1.165, 1.54) is 0 Å². The molecule has 1 heterocycles. The van der Waals surface area contributed by atoms with Gasteiger partial charge in [-0.25, -0.2) is 0 Å². The van der Waals surface area contributed by atoms with Gasteiger partial charge in [0.2, 0.25) is 0 Å². The van der Waals surface area contributed by atoms with Crippen molar-refractivity contribution in [1.29, 1.82) is 0 Å². The lowest BCUT2D eigenvalue weighted by Gasteiger charge is -2.19. The van der Waals surface area contributed by atoms with Crippen LogP contribution in [0.25, 0.3) is 0 Å². The fourth-order valence-corrected chi connectivity index (χ4v) is 1.60. The molecule has 0 radical (unpaired) electrons. The van der Waals surface area contributed by atoms with Crippen LogP contribution in [0.3, 0.4) is 0 Å². The topological polar surface area (TPSA) is 56.5 Å². The highest BCUT2D eigenvalue weighted by atomic mass is 35.5. The average Bonchev–Trinajstić information content (AvgIpc) is 2.18. The second kappa shape index (κ2) is 4.12. The Kier molecular flexibility index (Phi) is 2.83. The van der Waals surface area contributed by atoms with Crippen LogP contribution in [0.2, 0.25) is 5.02 Å². The van der Waals surface area contributed by atoms with Crippen molar-refractivity contribution < 1.29 is 9.47 Å². The lowest BCUT2D eigenvalue weighted by molar-refractivity contribution is 0.171. The summed E-state index contributed by atoms with van der Waals surface area (Å²) in [5.74, 6) is 1.28. The van der Waals surface area contributed by atoms with Crippen molar-refractivity contribution in [3.8, 4) is 11.5 Å². The van der Waals surface area contributed by atoms with E-state index in [1.807, 2.05) is 0 Å². The number of hydrogen-bond acceptors (Lipinski definition) is 3. The lowest BCUT2D eigenvalue weighted by Crippen LogP contribution is -2.20. The summed E-state index contributed by atoms with van der Waals surface area (Å²) in [6.07, 6.45) is 0. The number of halogens is 1. The Morgan fingerprint density at radius 3 is 2.53 bits per heavy atom. The fraction of sp³-hybridized carbons (Fsp3) is 0.222. The van der Waals surface area contributed by atoms with Crippen LogP contribution >= 0.6 is 23.8 Å². The summed E-state index contributed by atoms with van der Waals surface area (Å²) in [6.45, 7) is 1.06. The van der Waals surface area contributed by atoms with E-state index < -0.39 is 0 Å². The molecule has 0 fully saturated rings. The van der Waals surface area contributed by atoms with Gasteiger partial charge in [0.1, 0.15) is 13.2 Å². The first-order chi connectivity index (χ1) is 7.16. The highest BCUT2D eigenvalue weighted by Crippen LogP contribution is 2.37. The number of anilines is 1. The molecule has 0 aromatic heterocycles. The third kappa shape index (κ3) is 2.24. The maximum atomic E-state index is 5.99. The van der Waals surface area contributed by atoms with Gasteiger partial charge < -0.3 is 20.5 Å². The molecule has 6 heteroatoms. The van der Waals surface area contributed by atoms with E-state index in [0.717, 1.165) is 0 Å². The highest BCUT2D eigenvalue weighted by Gasteiger charge is 2.15. The van der Waals surface area contributed by atoms with E-state index in [9.17, 15) is 0 Å². The number of ether oxygens (including phenoxy) is 2. The number of thiocarbonyl (C=S) groups is 1. The van der Waals surface area contributed by atoms with Crippen LogP contribution in [0.5, 0.6) is 11.5 Å². The molecule has 0 unspecified atom stereocenters. The molecule has 0 bridgehead atoms. The van der Waals surface area contributed by atoms with Crippen molar-refractivity contribution in [3.05, 3.63) is 17.2 Å². The first kappa shape index (κ1) is 10.3. The number of rotatable bonds is 1. The molecular formula is C9H9ClN2O2S. The Morgan fingerprint density at radius 2 is 1.93 bits per heavy atom. The zero-order chi connectivity index (χ0) is 10.8. The Labute approximate surface area is 97.3 Å². The quantitative estimate of drug-likeness (QED) is 0.738. The van der Waals surface area contributed by atoms with Crippen molar-refractivity contribution in [3.63, 3.8) is 0 Å². The van der Waals surface area contributed by atoms with Gasteiger partial charge in [-0.1, -0.05) is 11.6 Å². The molecule has 0 spiro atoms. The molecule has 3 N–H and O–H groups in total. The average molecular weight is 245 g/mol. The minimum Gasteiger partial charge on any atom is -0.486 e. The van der Waals surface area contributed by atoms with Crippen LogP contribution in [-0.4, -0.2) is 18.3 Å². The van der Waals surface area contributed by atoms with Crippen LogP contribution in [0, 0.1) is 0 Å². The zero-order valence-electron chi connectivity index (χ0n) is 7.75. The molecule has 1 aromatic rings. The van der Waals surface area contributed by atoms with E-state index in [0.29, 0.717) is 35.4 Å². The Morgan fingerprint density at radius 1 is 1.33 bits per heavy atom. The molecule has 1 aliphatic rings. The highest BCUT2D eigenvalue weighted by molar-refractivity contribution is 7.80. The van der Waals surface area contributed by atoms with Gasteiger partial charge in [0, 0.05) is 12.1 Å². The zero-order valence-corrected chi connectivity index (χ0v) is 9.32. The normalized spacial score (nSPS) is 13.4. The Balaban J connectivity index is 2.36. The van der Waals surface area contributed by atoms with Gasteiger partial charge in [0.15, 0.2) is 16.6 Å². The summed E-state index contributed by atoms with van der Waals surface area (Å²) < 4.78 is 10.8. The van der Waals surface area contributed by atoms with Crippen molar-refractivity contribution in [1.82, 2.24) is 0 Å². The summed E-state index contributed by atoms with van der Waals surface area (Å²) in [5, 5.41) is 3.42. The second-order valence-corrected chi connectivity index (χ2v) is 3.81. The standard InChI is InChI=1S/C9H9ClN2O2S/c10-5-3-7-8(14-2-1-13-7)4-6(5)12-9(11)15/h3-4H,1-2H2,(H3,11,12,15). The van der Waals surface area contributed by atoms with E-state index in [2.05, 4.69) is 5.32 Å². The third-order valence-electron chi connectivity index (χ3n) is 1.89. The first-order valence-corrected chi connectivity index (χ1v) is 5.11. The van der Waals surface area contributed by atoms with Gasteiger partial charge in [0.25, 0.3) is 0 Å². The molecule has 0 amide bonds. The third-order valence-corrected chi connectivity index (χ3v) is 2.30. The maximum absolute atomic E-state index is 5.99. The molecule has 0 saturated carbocycles. The SMILES string of the molecule is NC(=S)Nc1cc2c(cc1Cl)OCCO2. The number of nitrogens with two attached hydrogens (primary N) is 1. The van der Waals surface area contributed by atoms with E-state index in [4.69, 9.17) is 39.0 Å². The number of benzene rings is 1. The van der Waals surface area contributed by atoms with Crippen molar-refractivity contribution in [2.45, 2.75) is 0 Å². The van der Waals surface area contributed by atoms with Crippen LogP contribution in [-0.2, 0) is 0 Å². The molecule has 1 aromatic carbocycles. The van der Waals surface area contributed by atoms with Gasteiger partial charge >= 0.3 is 0 Å². The Bertz CT molecular complexity index is 411. The smallest absolute Gasteiger partial charge is 0.168 e. The first-order valence-electron chi connectivity index (χ1n) is 4.32. The molecule has 0 aliphatic carbocycles. The van der Waals surface area contributed by atoms with Gasteiger partial charge in [-0.2, -0.15) is 0 Å². The van der Waals surface area contributed by atoms with E-state index in [1.54, 1.807) is 12.1 Å². The summed E-state index contributed by atoms with van der Waals surface area (Å²) in [6, 6.07) is 3.40. The van der Waals surface area contributed by atoms with Gasteiger partial charge in [-0.15, -0.1) is 0 Å². The van der Waals surface area contributed by atoms with Gasteiger partial charge in [0.05, 0.1) is 10.7 Å². The largest absolute Gasteiger partial charge is 0.486 e. The van der Waals surface area contributed by atoms with Gasteiger partial charge in [-0.3, -0.25) is 0 Å². The van der Waals surface area contributed by atoms with Crippen molar-refractivity contribution >= 4 is 34.6 Å². The second-order valence-electron chi connectivity index (χ2n) is 2.96. The minimum absolute atomic E-state index is 0.161. The van der Waals surface area contributed by atoms with E-state index in [-0.39, 0.29) is 5.11 Å². The molecule has 0 atom stereocenters. The van der Waals surface area contributed by atoms with Crippen LogP contribution in [0.4, 0.5) is 5.69 Å². The summed E-state index contributed by atoms with van der Waals surface area (Å²) >= 11 is 10.7. The van der Waals surface area contributed by atoms with Crippen molar-refractivity contribution in [2.75, 3.05) is 18.5 Å². The monoisotopic (exact) mass is 244 g/mol. The molecule has 1 aliphatic heterocycles. The molecular weight excluding hydrogens is 236 g/mol. The fourth-order valence-electron chi connectivity index (χ4n) is 1.29. The summed E-state index contributed by atoms with van der Waals surface area (Å²) in [4.78, 5) is 0. The molecule has 4 nitrogen and oxygen atoms in total. The summed E-state index contributed by atoms with van der Waals surface area (Å²) in [7, 11) is 0. The van der Waals surface area contributed by atoms with E-state index >= 15 is 0 Å². The molecule has 0 saturated heterocycles. The minimum atomic E-state index is 0.161. The number of hydrogen-bond donors (Lipinski definition) is 2. The summed E-state index contributed by atoms with van der Waals surface area (Å²) in [5.41, 5.74) is 5.98. The lowest BCUT2D eigenvalue weighted by atomic mass is 10.2. The molecule has 2 rings (SSSR count). The Hall–Kier alpha value is -1.20. The van der Waals surface area contributed by atoms with Crippen LogP contribution in [0.1, 0.15) is 0 Å². The number of nitrogens with one attached hydrogen (secondary N) is 1. The van der Waals surface area contributed by atoms with Gasteiger partial charge in [-0.05, 0) is 12.2 Å². The van der Waals surface area contributed by atoms with Crippen LogP contribution in [0.15, 0.2) is 12.1 Å². The van der Waals surface area contributed by atoms with Crippen LogP contribution < -0.4 is 20.5 Å². The maximum Gasteiger partial charge on any atom is 0.168 e. The molecule has 15 heavy (non-hydrogen) atoms.